The lowest BCUT2D eigenvalue weighted by Gasteiger charge is -2.35. The number of carbonyl (C=O) groups excluding carboxylic acids is 2. The third-order valence-electron chi connectivity index (χ3n) is 4.96. The number of amides is 2. The first-order chi connectivity index (χ1) is 14.0. The maximum atomic E-state index is 13.3. The Morgan fingerprint density at radius 1 is 1.07 bits per heavy atom. The first kappa shape index (κ1) is 21.7. The summed E-state index contributed by atoms with van der Waals surface area (Å²) in [6.45, 7) is 13.3. The maximum Gasteiger partial charge on any atom is 0.272 e. The minimum Gasteiger partial charge on any atom is -0.451 e. The highest BCUT2D eigenvalue weighted by atomic mass is 16.7. The first-order valence-electron chi connectivity index (χ1n) is 10.2. The maximum absolute atomic E-state index is 13.3. The molecule has 2 amide bonds. The predicted molar refractivity (Wildman–Crippen MR) is 116 cm³/mol. The van der Waals surface area contributed by atoms with Crippen LogP contribution < -0.4 is 14.9 Å². The Morgan fingerprint density at radius 2 is 1.70 bits per heavy atom. The number of benzene rings is 2. The minimum absolute atomic E-state index is 0.255. The Morgan fingerprint density at radius 3 is 2.27 bits per heavy atom. The molecule has 0 bridgehead atoms. The fraction of sp³-hybridized carbons (Fsp3) is 0.417. The van der Waals surface area contributed by atoms with Crippen LogP contribution in [0.25, 0.3) is 0 Å². The monoisotopic (exact) mass is 410 g/mol. The van der Waals surface area contributed by atoms with Crippen molar-refractivity contribution in [2.45, 2.75) is 66.7 Å². The number of rotatable bonds is 3. The smallest absolute Gasteiger partial charge is 0.272 e. The highest BCUT2D eigenvalue weighted by molar-refractivity contribution is 6.01. The summed E-state index contributed by atoms with van der Waals surface area (Å²) in [6, 6.07) is 9.13. The number of fused-ring (bicyclic) bond motifs is 1. The van der Waals surface area contributed by atoms with Gasteiger partial charge in [-0.05, 0) is 65.3 Å². The van der Waals surface area contributed by atoms with Crippen molar-refractivity contribution in [2.75, 3.05) is 0 Å². The number of hydrogen-bond donors (Lipinski definition) is 1. The molecule has 0 radical (unpaired) electrons. The van der Waals surface area contributed by atoms with Gasteiger partial charge < -0.3 is 9.47 Å². The fourth-order valence-corrected chi connectivity index (χ4v) is 3.67. The van der Waals surface area contributed by atoms with Crippen molar-refractivity contribution < 1.29 is 19.1 Å². The van der Waals surface area contributed by atoms with E-state index in [1.54, 1.807) is 12.1 Å². The van der Waals surface area contributed by atoms with Gasteiger partial charge in [-0.1, -0.05) is 24.1 Å². The summed E-state index contributed by atoms with van der Waals surface area (Å²) in [5.41, 5.74) is 5.98. The van der Waals surface area contributed by atoms with E-state index in [2.05, 4.69) is 5.43 Å². The average Bonchev–Trinajstić information content (AvgIpc) is 3.03. The van der Waals surface area contributed by atoms with Gasteiger partial charge in [-0.3, -0.25) is 15.0 Å². The van der Waals surface area contributed by atoms with Gasteiger partial charge in [0.2, 0.25) is 6.29 Å². The quantitative estimate of drug-likeness (QED) is 0.753. The van der Waals surface area contributed by atoms with E-state index in [-0.39, 0.29) is 18.1 Å². The summed E-state index contributed by atoms with van der Waals surface area (Å²) in [5, 5.41) is 1.40. The molecule has 0 aliphatic carbocycles. The topological polar surface area (TPSA) is 67.9 Å². The van der Waals surface area contributed by atoms with Gasteiger partial charge in [0.15, 0.2) is 11.5 Å². The molecule has 160 valence electrons. The molecule has 30 heavy (non-hydrogen) atoms. The van der Waals surface area contributed by atoms with E-state index in [1.807, 2.05) is 66.7 Å². The number of carbonyl (C=O) groups is 2. The highest BCUT2D eigenvalue weighted by Crippen LogP contribution is 2.40. The zero-order valence-electron chi connectivity index (χ0n) is 18.8. The van der Waals surface area contributed by atoms with E-state index in [9.17, 15) is 9.59 Å². The van der Waals surface area contributed by atoms with Crippen LogP contribution in [0.2, 0.25) is 0 Å². The summed E-state index contributed by atoms with van der Waals surface area (Å²) in [5.74, 6) is 0.621. The summed E-state index contributed by atoms with van der Waals surface area (Å²) < 4.78 is 11.4. The van der Waals surface area contributed by atoms with Gasteiger partial charge in [0, 0.05) is 23.6 Å². The molecule has 1 heterocycles. The number of ether oxygens (including phenoxy) is 2. The SMILES string of the molecule is CCc1c(C(=O)NN(C(=O)c2cc(C)cc(C)c2)C(C)(C)C)ccc2c1OC(C)O2. The van der Waals surface area contributed by atoms with Gasteiger partial charge in [0.05, 0.1) is 5.54 Å². The molecule has 2 aromatic rings. The van der Waals surface area contributed by atoms with E-state index in [1.165, 1.54) is 5.01 Å². The molecule has 0 fully saturated rings. The van der Waals surface area contributed by atoms with E-state index in [4.69, 9.17) is 9.47 Å². The molecular formula is C24H30N2O4. The number of nitrogens with zero attached hydrogens (tertiary/aromatic N) is 1. The predicted octanol–water partition coefficient (Wildman–Crippen LogP) is 4.57. The Balaban J connectivity index is 1.94. The molecule has 1 aliphatic heterocycles. The van der Waals surface area contributed by atoms with Gasteiger partial charge in [-0.25, -0.2) is 5.01 Å². The molecular weight excluding hydrogens is 380 g/mol. The Hall–Kier alpha value is -3.02. The van der Waals surface area contributed by atoms with Crippen LogP contribution in [-0.2, 0) is 6.42 Å². The molecule has 6 heteroatoms. The van der Waals surface area contributed by atoms with Gasteiger partial charge in [0.1, 0.15) is 0 Å². The zero-order valence-corrected chi connectivity index (χ0v) is 18.8. The molecule has 0 spiro atoms. The molecule has 6 nitrogen and oxygen atoms in total. The number of aryl methyl sites for hydroxylation is 2. The van der Waals surface area contributed by atoms with Gasteiger partial charge in [-0.15, -0.1) is 0 Å². The van der Waals surface area contributed by atoms with Crippen LogP contribution in [0.15, 0.2) is 30.3 Å². The van der Waals surface area contributed by atoms with E-state index in [0.717, 1.165) is 16.7 Å². The van der Waals surface area contributed by atoms with Gasteiger partial charge in [0.25, 0.3) is 11.8 Å². The van der Waals surface area contributed by atoms with Crippen LogP contribution in [0.4, 0.5) is 0 Å². The van der Waals surface area contributed by atoms with E-state index >= 15 is 0 Å². The number of hydrazine groups is 1. The van der Waals surface area contributed by atoms with Gasteiger partial charge in [-0.2, -0.15) is 0 Å². The Kier molecular flexibility index (Phi) is 5.79. The van der Waals surface area contributed by atoms with Crippen LogP contribution in [0, 0.1) is 13.8 Å². The molecule has 0 saturated heterocycles. The van der Waals surface area contributed by atoms with Crippen LogP contribution in [0.5, 0.6) is 11.5 Å². The summed E-state index contributed by atoms with van der Waals surface area (Å²) in [7, 11) is 0. The summed E-state index contributed by atoms with van der Waals surface area (Å²) >= 11 is 0. The first-order valence-corrected chi connectivity index (χ1v) is 10.2. The van der Waals surface area contributed by atoms with Crippen LogP contribution in [0.1, 0.15) is 72.0 Å². The van der Waals surface area contributed by atoms with E-state index < -0.39 is 5.54 Å². The van der Waals surface area contributed by atoms with Crippen LogP contribution in [0.3, 0.4) is 0 Å². The third kappa shape index (κ3) is 4.27. The molecule has 0 aromatic heterocycles. The second-order valence-corrected chi connectivity index (χ2v) is 8.70. The van der Waals surface area contributed by atoms with Crippen molar-refractivity contribution in [1.29, 1.82) is 0 Å². The van der Waals surface area contributed by atoms with Crippen molar-refractivity contribution in [2.24, 2.45) is 0 Å². The van der Waals surface area contributed by atoms with Crippen LogP contribution >= 0.6 is 0 Å². The van der Waals surface area contributed by atoms with Crippen molar-refractivity contribution in [3.05, 3.63) is 58.1 Å². The lowest BCUT2D eigenvalue weighted by molar-refractivity contribution is 0.0358. The average molecular weight is 411 g/mol. The van der Waals surface area contributed by atoms with Crippen molar-refractivity contribution in [1.82, 2.24) is 10.4 Å². The van der Waals surface area contributed by atoms with Crippen molar-refractivity contribution in [3.63, 3.8) is 0 Å². The molecule has 2 aromatic carbocycles. The van der Waals surface area contributed by atoms with Crippen LogP contribution in [-0.4, -0.2) is 28.7 Å². The standard InChI is InChI=1S/C24H30N2O4/c1-8-18-19(9-10-20-21(18)30-16(4)29-20)22(27)25-26(24(5,6)7)23(28)17-12-14(2)11-15(3)13-17/h9-13,16H,8H2,1-7H3,(H,25,27). The Bertz CT molecular complexity index is 971. The second-order valence-electron chi connectivity index (χ2n) is 8.70. The summed E-state index contributed by atoms with van der Waals surface area (Å²) in [4.78, 5) is 26.5. The van der Waals surface area contributed by atoms with Crippen molar-refractivity contribution in [3.8, 4) is 11.5 Å². The third-order valence-corrected chi connectivity index (χ3v) is 4.96. The van der Waals surface area contributed by atoms with Crippen molar-refractivity contribution >= 4 is 11.8 Å². The molecule has 1 atom stereocenters. The Labute approximate surface area is 178 Å². The highest BCUT2D eigenvalue weighted by Gasteiger charge is 2.32. The normalized spacial score (nSPS) is 15.1. The number of nitrogens with one attached hydrogen (secondary N) is 1. The summed E-state index contributed by atoms with van der Waals surface area (Å²) in [6.07, 6.45) is 0.212. The molecule has 1 aliphatic rings. The molecule has 1 unspecified atom stereocenters. The zero-order chi connectivity index (χ0) is 22.2. The number of hydrogen-bond acceptors (Lipinski definition) is 4. The lowest BCUT2D eigenvalue weighted by Crippen LogP contribution is -2.56. The molecule has 1 N–H and O–H groups in total. The lowest BCUT2D eigenvalue weighted by atomic mass is 10.0. The second kappa shape index (κ2) is 8.01. The molecule has 0 saturated carbocycles. The minimum atomic E-state index is -0.623. The van der Waals surface area contributed by atoms with E-state index in [0.29, 0.717) is 29.0 Å². The largest absolute Gasteiger partial charge is 0.451 e. The fourth-order valence-electron chi connectivity index (χ4n) is 3.67. The van der Waals surface area contributed by atoms with Gasteiger partial charge >= 0.3 is 0 Å². The molecule has 3 rings (SSSR count).